The summed E-state index contributed by atoms with van der Waals surface area (Å²) in [6.07, 6.45) is 4.31. The smallest absolute Gasteiger partial charge is 0.257 e. The summed E-state index contributed by atoms with van der Waals surface area (Å²) in [6.45, 7) is 5.30. The molecule has 0 spiro atoms. The Balaban J connectivity index is 2.29. The second-order valence-electron chi connectivity index (χ2n) is 5.99. The summed E-state index contributed by atoms with van der Waals surface area (Å²) in [5.74, 6) is 0.478. The normalized spacial score (nSPS) is 27.1. The minimum atomic E-state index is -0.143. The fourth-order valence-corrected chi connectivity index (χ4v) is 3.58. The first kappa shape index (κ1) is 15.6. The molecule has 0 radical (unpaired) electrons. The number of thiocarbonyl (C=S) groups is 1. The zero-order chi connectivity index (χ0) is 14.8. The van der Waals surface area contributed by atoms with E-state index in [-0.39, 0.29) is 10.7 Å². The van der Waals surface area contributed by atoms with Crippen LogP contribution in [0.4, 0.5) is 0 Å². The molecular formula is C16H22ClNOS. The Bertz CT molecular complexity index is 476. The Labute approximate surface area is 131 Å². The Hall–Kier alpha value is -0.800. The van der Waals surface area contributed by atoms with Gasteiger partial charge in [0, 0.05) is 17.1 Å². The van der Waals surface area contributed by atoms with E-state index in [0.717, 1.165) is 24.4 Å². The lowest BCUT2D eigenvalue weighted by molar-refractivity contribution is 0.118. The summed E-state index contributed by atoms with van der Waals surface area (Å²) in [7, 11) is 0. The van der Waals surface area contributed by atoms with Gasteiger partial charge in [-0.05, 0) is 62.0 Å². The van der Waals surface area contributed by atoms with Crippen LogP contribution in [0.3, 0.4) is 0 Å². The number of nitrogens with zero attached hydrogens (tertiary/aromatic N) is 1. The Morgan fingerprint density at radius 1 is 1.40 bits per heavy atom. The van der Waals surface area contributed by atoms with Crippen molar-refractivity contribution >= 4 is 29.0 Å². The monoisotopic (exact) mass is 311 g/mol. The van der Waals surface area contributed by atoms with Gasteiger partial charge < -0.3 is 10.0 Å². The van der Waals surface area contributed by atoms with Crippen LogP contribution in [-0.4, -0.2) is 27.3 Å². The first-order chi connectivity index (χ1) is 9.43. The van der Waals surface area contributed by atoms with Gasteiger partial charge in [-0.15, -0.1) is 0 Å². The number of hydrogen-bond donors (Lipinski definition) is 1. The summed E-state index contributed by atoms with van der Waals surface area (Å²) in [5, 5.41) is 10.7. The summed E-state index contributed by atoms with van der Waals surface area (Å²) in [5.41, 5.74) is 1.09. The van der Waals surface area contributed by atoms with E-state index in [9.17, 15) is 5.11 Å². The van der Waals surface area contributed by atoms with Gasteiger partial charge in [0.05, 0.1) is 0 Å². The molecule has 2 rings (SSSR count). The fraction of sp³-hybridized carbons (Fsp3) is 0.562. The molecule has 1 fully saturated rings. The number of likely N-dealkylation sites (tertiary alicyclic amines) is 1. The molecule has 1 N–H and O–H groups in total. The van der Waals surface area contributed by atoms with E-state index in [1.807, 2.05) is 17.0 Å². The number of benzene rings is 1. The predicted octanol–water partition coefficient (Wildman–Crippen LogP) is 4.61. The van der Waals surface area contributed by atoms with E-state index in [1.54, 1.807) is 0 Å². The van der Waals surface area contributed by atoms with Crippen LogP contribution in [0.2, 0.25) is 5.02 Å². The van der Waals surface area contributed by atoms with Gasteiger partial charge in [-0.25, -0.2) is 0 Å². The molecule has 0 aromatic heterocycles. The standard InChI is InChI=1S/C16H22ClNOS/c1-12-5-3-4-10-18(15(19)20)16(12,2)11-13-6-8-14(17)9-7-13/h6-9,12H,3-5,10-11H2,1-2H3,(H,19,20). The van der Waals surface area contributed by atoms with E-state index < -0.39 is 0 Å². The molecule has 0 aliphatic carbocycles. The van der Waals surface area contributed by atoms with E-state index >= 15 is 0 Å². The SMILES string of the molecule is CC1CCCCN(C(O)=S)C1(C)Cc1ccc(Cl)cc1. The summed E-state index contributed by atoms with van der Waals surface area (Å²) >= 11 is 11.0. The number of aliphatic hydroxyl groups excluding tert-OH is 1. The van der Waals surface area contributed by atoms with Gasteiger partial charge in [0.2, 0.25) is 0 Å². The van der Waals surface area contributed by atoms with Gasteiger partial charge in [0.15, 0.2) is 0 Å². The highest BCUT2D eigenvalue weighted by molar-refractivity contribution is 7.79. The first-order valence-electron chi connectivity index (χ1n) is 7.18. The van der Waals surface area contributed by atoms with Crippen LogP contribution in [0.1, 0.15) is 38.7 Å². The number of aliphatic hydroxyl groups is 1. The minimum Gasteiger partial charge on any atom is -0.486 e. The van der Waals surface area contributed by atoms with E-state index in [4.69, 9.17) is 23.8 Å². The minimum absolute atomic E-state index is 0.0233. The molecule has 0 saturated carbocycles. The number of halogens is 1. The lowest BCUT2D eigenvalue weighted by Gasteiger charge is -2.44. The molecule has 1 heterocycles. The van der Waals surface area contributed by atoms with Gasteiger partial charge >= 0.3 is 0 Å². The summed E-state index contributed by atoms with van der Waals surface area (Å²) in [6, 6.07) is 7.96. The molecule has 1 aromatic carbocycles. The average Bonchev–Trinajstić information content (AvgIpc) is 2.53. The van der Waals surface area contributed by atoms with Gasteiger partial charge in [-0.1, -0.05) is 37.1 Å². The zero-order valence-corrected chi connectivity index (χ0v) is 13.7. The molecule has 110 valence electrons. The summed E-state index contributed by atoms with van der Waals surface area (Å²) < 4.78 is 0. The van der Waals surface area contributed by atoms with Crippen molar-refractivity contribution in [3.63, 3.8) is 0 Å². The summed E-state index contributed by atoms with van der Waals surface area (Å²) in [4.78, 5) is 2.01. The third kappa shape index (κ3) is 3.26. The van der Waals surface area contributed by atoms with Crippen LogP contribution in [0.25, 0.3) is 0 Å². The van der Waals surface area contributed by atoms with Crippen molar-refractivity contribution in [2.45, 2.75) is 45.1 Å². The second kappa shape index (κ2) is 6.31. The highest BCUT2D eigenvalue weighted by atomic mass is 35.5. The Morgan fingerprint density at radius 3 is 2.65 bits per heavy atom. The lowest BCUT2D eigenvalue weighted by atomic mass is 9.79. The van der Waals surface area contributed by atoms with Crippen molar-refractivity contribution in [1.82, 2.24) is 4.90 Å². The highest BCUT2D eigenvalue weighted by Crippen LogP contribution is 2.35. The third-order valence-corrected chi connectivity index (χ3v) is 5.13. The molecule has 0 amide bonds. The number of rotatable bonds is 2. The number of hydrogen-bond acceptors (Lipinski definition) is 1. The maximum atomic E-state index is 9.91. The largest absolute Gasteiger partial charge is 0.486 e. The molecule has 1 saturated heterocycles. The van der Waals surface area contributed by atoms with Crippen LogP contribution in [-0.2, 0) is 6.42 Å². The van der Waals surface area contributed by atoms with E-state index in [0.29, 0.717) is 5.92 Å². The maximum Gasteiger partial charge on any atom is 0.257 e. The highest BCUT2D eigenvalue weighted by Gasteiger charge is 2.40. The topological polar surface area (TPSA) is 23.5 Å². The Kier molecular flexibility index (Phi) is 4.92. The van der Waals surface area contributed by atoms with Crippen LogP contribution in [0.15, 0.2) is 24.3 Å². The lowest BCUT2D eigenvalue weighted by Crippen LogP contribution is -2.54. The van der Waals surface area contributed by atoms with E-state index in [2.05, 4.69) is 26.0 Å². The van der Waals surface area contributed by atoms with Crippen LogP contribution < -0.4 is 0 Å². The second-order valence-corrected chi connectivity index (χ2v) is 6.79. The molecule has 2 atom stereocenters. The quantitative estimate of drug-likeness (QED) is 0.807. The molecular weight excluding hydrogens is 290 g/mol. The molecule has 1 aromatic rings. The first-order valence-corrected chi connectivity index (χ1v) is 7.97. The average molecular weight is 312 g/mol. The van der Waals surface area contributed by atoms with Crippen LogP contribution in [0.5, 0.6) is 0 Å². The molecule has 2 unspecified atom stereocenters. The van der Waals surface area contributed by atoms with Gasteiger partial charge in [-0.3, -0.25) is 0 Å². The molecule has 20 heavy (non-hydrogen) atoms. The third-order valence-electron chi connectivity index (χ3n) is 4.65. The van der Waals surface area contributed by atoms with E-state index in [1.165, 1.54) is 18.4 Å². The van der Waals surface area contributed by atoms with Gasteiger partial charge in [0.1, 0.15) is 0 Å². The van der Waals surface area contributed by atoms with Crippen molar-refractivity contribution < 1.29 is 5.11 Å². The van der Waals surface area contributed by atoms with Gasteiger partial charge in [0.25, 0.3) is 5.17 Å². The maximum absolute atomic E-state index is 9.91. The van der Waals surface area contributed by atoms with Crippen molar-refractivity contribution in [1.29, 1.82) is 0 Å². The predicted molar refractivity (Wildman–Crippen MR) is 88.5 cm³/mol. The molecule has 2 nitrogen and oxygen atoms in total. The van der Waals surface area contributed by atoms with Crippen molar-refractivity contribution in [2.24, 2.45) is 5.92 Å². The molecule has 1 aliphatic heterocycles. The van der Waals surface area contributed by atoms with Crippen molar-refractivity contribution in [2.75, 3.05) is 6.54 Å². The molecule has 0 bridgehead atoms. The van der Waals surface area contributed by atoms with Gasteiger partial charge in [-0.2, -0.15) is 0 Å². The van der Waals surface area contributed by atoms with Crippen LogP contribution in [0, 0.1) is 5.92 Å². The molecule has 1 aliphatic rings. The van der Waals surface area contributed by atoms with Crippen molar-refractivity contribution in [3.8, 4) is 0 Å². The van der Waals surface area contributed by atoms with Crippen molar-refractivity contribution in [3.05, 3.63) is 34.9 Å². The Morgan fingerprint density at radius 2 is 2.05 bits per heavy atom. The fourth-order valence-electron chi connectivity index (χ4n) is 3.15. The molecule has 4 heteroatoms. The van der Waals surface area contributed by atoms with Crippen LogP contribution >= 0.6 is 23.8 Å². The zero-order valence-electron chi connectivity index (χ0n) is 12.1.